The summed E-state index contributed by atoms with van der Waals surface area (Å²) in [5.74, 6) is 1.25. The molecule has 2 aliphatic carbocycles. The van der Waals surface area contributed by atoms with Gasteiger partial charge in [0, 0.05) is 47.6 Å². The average molecular weight is 462 g/mol. The zero-order valence-electron chi connectivity index (χ0n) is 18.0. The van der Waals surface area contributed by atoms with Gasteiger partial charge in [-0.3, -0.25) is 0 Å². The van der Waals surface area contributed by atoms with Crippen LogP contribution in [0.2, 0.25) is 12.1 Å². The molecule has 0 saturated carbocycles. The first-order chi connectivity index (χ1) is 12.8. The molecule has 2 radical (unpaired) electrons. The third-order valence-corrected chi connectivity index (χ3v) is 8.11. The SMILES string of the molecule is CC1=Cc2cc(C)c(C)cc2C1C[Si]CC1C(C)=Cc2cc(C)c(C)cc21.[Zr]. The van der Waals surface area contributed by atoms with Crippen LogP contribution in [0, 0.1) is 27.7 Å². The van der Waals surface area contributed by atoms with E-state index >= 15 is 0 Å². The summed E-state index contributed by atoms with van der Waals surface area (Å²) in [4.78, 5) is 0. The van der Waals surface area contributed by atoms with E-state index in [9.17, 15) is 0 Å². The maximum Gasteiger partial charge on any atom is 0.0397 e. The minimum atomic E-state index is 0. The third kappa shape index (κ3) is 3.88. The first-order valence-corrected chi connectivity index (χ1v) is 11.6. The van der Waals surface area contributed by atoms with Gasteiger partial charge in [-0.25, -0.2) is 0 Å². The molecule has 2 aromatic carbocycles. The van der Waals surface area contributed by atoms with E-state index in [1.54, 1.807) is 22.3 Å². The van der Waals surface area contributed by atoms with E-state index in [4.69, 9.17) is 0 Å². The third-order valence-electron chi connectivity index (χ3n) is 6.71. The van der Waals surface area contributed by atoms with Crippen LogP contribution in [0.1, 0.15) is 70.2 Å². The van der Waals surface area contributed by atoms with Crippen LogP contribution >= 0.6 is 0 Å². The van der Waals surface area contributed by atoms with Crippen LogP contribution in [0.15, 0.2) is 35.4 Å². The van der Waals surface area contributed by atoms with Gasteiger partial charge in [-0.05, 0) is 86.1 Å². The topological polar surface area (TPSA) is 0 Å². The molecular formula is C26H30SiZr. The molecule has 0 nitrogen and oxygen atoms in total. The molecule has 2 atom stereocenters. The zero-order chi connectivity index (χ0) is 19.3. The Balaban J connectivity index is 0.00000225. The Morgan fingerprint density at radius 2 is 0.964 bits per heavy atom. The average Bonchev–Trinajstić information content (AvgIpc) is 3.06. The van der Waals surface area contributed by atoms with Crippen LogP contribution in [0.3, 0.4) is 0 Å². The van der Waals surface area contributed by atoms with Crippen LogP contribution in [0.5, 0.6) is 0 Å². The van der Waals surface area contributed by atoms with Gasteiger partial charge in [0.05, 0.1) is 0 Å². The molecule has 0 spiro atoms. The van der Waals surface area contributed by atoms with Gasteiger partial charge in [0.15, 0.2) is 0 Å². The smallest absolute Gasteiger partial charge is 0.0397 e. The van der Waals surface area contributed by atoms with Gasteiger partial charge < -0.3 is 0 Å². The predicted molar refractivity (Wildman–Crippen MR) is 120 cm³/mol. The molecule has 4 rings (SSSR count). The normalized spacial score (nSPS) is 19.6. The second kappa shape index (κ2) is 8.41. The summed E-state index contributed by atoms with van der Waals surface area (Å²) in [6.07, 6.45) is 4.83. The number of allylic oxidation sites excluding steroid dienone is 2. The Morgan fingerprint density at radius 1 is 0.607 bits per heavy atom. The fourth-order valence-corrected chi connectivity index (χ4v) is 6.50. The van der Waals surface area contributed by atoms with Crippen LogP contribution in [-0.4, -0.2) is 9.52 Å². The van der Waals surface area contributed by atoms with Gasteiger partial charge in [-0.1, -0.05) is 59.7 Å². The van der Waals surface area contributed by atoms with Gasteiger partial charge in [0.2, 0.25) is 0 Å². The number of hydrogen-bond acceptors (Lipinski definition) is 0. The fourth-order valence-electron chi connectivity index (χ4n) is 4.67. The molecule has 0 amide bonds. The van der Waals surface area contributed by atoms with Gasteiger partial charge in [-0.2, -0.15) is 0 Å². The Labute approximate surface area is 192 Å². The summed E-state index contributed by atoms with van der Waals surface area (Å²) in [5.41, 5.74) is 14.8. The minimum absolute atomic E-state index is 0. The first-order valence-electron chi connectivity index (χ1n) is 10.1. The Morgan fingerprint density at radius 3 is 1.36 bits per heavy atom. The van der Waals surface area contributed by atoms with Crippen molar-refractivity contribution in [1.29, 1.82) is 0 Å². The summed E-state index contributed by atoms with van der Waals surface area (Å²) in [7, 11) is 1.00. The van der Waals surface area contributed by atoms with Crippen molar-refractivity contribution in [1.82, 2.24) is 0 Å². The van der Waals surface area contributed by atoms with E-state index < -0.39 is 0 Å². The molecule has 0 aliphatic heterocycles. The van der Waals surface area contributed by atoms with E-state index in [1.807, 2.05) is 0 Å². The molecule has 0 bridgehead atoms. The molecule has 0 heterocycles. The number of aryl methyl sites for hydroxylation is 4. The maximum absolute atomic E-state index is 2.44. The van der Waals surface area contributed by atoms with Gasteiger partial charge in [0.25, 0.3) is 0 Å². The zero-order valence-corrected chi connectivity index (χ0v) is 21.5. The molecule has 142 valence electrons. The predicted octanol–water partition coefficient (Wildman–Crippen LogP) is 7.16. The van der Waals surface area contributed by atoms with E-state index in [2.05, 4.69) is 78.0 Å². The molecule has 28 heavy (non-hydrogen) atoms. The van der Waals surface area contributed by atoms with Gasteiger partial charge in [-0.15, -0.1) is 0 Å². The molecule has 0 fully saturated rings. The summed E-state index contributed by atoms with van der Waals surface area (Å²) >= 11 is 0. The quantitative estimate of drug-likeness (QED) is 0.424. The Kier molecular flexibility index (Phi) is 6.52. The largest absolute Gasteiger partial charge is 0.0655 e. The summed E-state index contributed by atoms with van der Waals surface area (Å²) < 4.78 is 0. The molecule has 2 unspecified atom stereocenters. The monoisotopic (exact) mass is 460 g/mol. The number of rotatable bonds is 4. The van der Waals surface area contributed by atoms with Crippen molar-refractivity contribution in [2.45, 2.75) is 65.5 Å². The molecular weight excluding hydrogens is 432 g/mol. The molecule has 2 heteroatoms. The Bertz CT molecular complexity index is 901. The van der Waals surface area contributed by atoms with E-state index in [-0.39, 0.29) is 26.2 Å². The minimum Gasteiger partial charge on any atom is -0.0655 e. The van der Waals surface area contributed by atoms with Crippen LogP contribution in [0.4, 0.5) is 0 Å². The maximum atomic E-state index is 2.44. The van der Waals surface area contributed by atoms with Crippen molar-refractivity contribution in [2.75, 3.05) is 0 Å². The summed E-state index contributed by atoms with van der Waals surface area (Å²) in [6, 6.07) is 12.2. The van der Waals surface area contributed by atoms with E-state index in [0.29, 0.717) is 11.8 Å². The van der Waals surface area contributed by atoms with Crippen molar-refractivity contribution in [3.63, 3.8) is 0 Å². The molecule has 0 saturated heterocycles. The molecule has 0 N–H and O–H groups in total. The summed E-state index contributed by atoms with van der Waals surface area (Å²) in [5, 5.41) is 0. The first kappa shape index (κ1) is 21.7. The van der Waals surface area contributed by atoms with E-state index in [0.717, 1.165) is 9.52 Å². The summed E-state index contributed by atoms with van der Waals surface area (Å²) in [6.45, 7) is 13.6. The molecule has 2 aromatic rings. The van der Waals surface area contributed by atoms with Gasteiger partial charge >= 0.3 is 0 Å². The van der Waals surface area contributed by atoms with Crippen molar-refractivity contribution in [2.24, 2.45) is 0 Å². The van der Waals surface area contributed by atoms with Crippen LogP contribution in [-0.2, 0) is 26.2 Å². The van der Waals surface area contributed by atoms with E-state index in [1.165, 1.54) is 45.5 Å². The Hall–Kier alpha value is -0.980. The van der Waals surface area contributed by atoms with Crippen molar-refractivity contribution in [3.8, 4) is 0 Å². The van der Waals surface area contributed by atoms with Crippen molar-refractivity contribution < 1.29 is 26.2 Å². The van der Waals surface area contributed by atoms with Crippen molar-refractivity contribution in [3.05, 3.63) is 79.9 Å². The fraction of sp³-hybridized carbons (Fsp3) is 0.385. The van der Waals surface area contributed by atoms with Crippen molar-refractivity contribution >= 4 is 21.7 Å². The molecule has 0 aromatic heterocycles. The molecule has 2 aliphatic rings. The van der Waals surface area contributed by atoms with Gasteiger partial charge in [0.1, 0.15) is 0 Å². The standard InChI is InChI=1S/C26H30Si.Zr/c1-15-7-21-9-19(5)25(23(21)11-17(15)3)13-27-14-26-20(6)10-22-8-16(2)18(4)12-24(22)26;/h7-12,25-26H,13-14H2,1-6H3;. The number of benzene rings is 2. The van der Waals surface area contributed by atoms with Crippen LogP contribution < -0.4 is 0 Å². The van der Waals surface area contributed by atoms with Crippen LogP contribution in [0.25, 0.3) is 12.2 Å². The number of fused-ring (bicyclic) bond motifs is 2. The second-order valence-corrected chi connectivity index (χ2v) is 9.99. The second-order valence-electron chi connectivity index (χ2n) is 8.67. The number of hydrogen-bond donors (Lipinski definition) is 0.